The molecule has 1 aliphatic rings. The van der Waals surface area contributed by atoms with E-state index in [0.717, 1.165) is 43.1 Å². The Morgan fingerprint density at radius 1 is 1.22 bits per heavy atom. The first-order chi connectivity index (χ1) is 11.3. The van der Waals surface area contributed by atoms with Gasteiger partial charge >= 0.3 is 0 Å². The Kier molecular flexibility index (Phi) is 3.67. The normalized spacial score (nSPS) is 18.0. The quantitative estimate of drug-likeness (QED) is 0.800. The van der Waals surface area contributed by atoms with Crippen LogP contribution >= 0.6 is 0 Å². The highest BCUT2D eigenvalue weighted by Crippen LogP contribution is 2.31. The highest BCUT2D eigenvalue weighted by Gasteiger charge is 2.31. The third-order valence-electron chi connectivity index (χ3n) is 4.38. The lowest BCUT2D eigenvalue weighted by atomic mass is 9.99. The summed E-state index contributed by atoms with van der Waals surface area (Å²) in [6.45, 7) is 4.81. The molecular formula is C17H20N6. The highest BCUT2D eigenvalue weighted by molar-refractivity contribution is 5.28. The SMILES string of the molecule is Cc1ccn(CCN2CCc3[nH]cnc3[C@@H]2c2ccccn2)n1. The van der Waals surface area contributed by atoms with E-state index < -0.39 is 0 Å². The second kappa shape index (κ2) is 5.96. The van der Waals surface area contributed by atoms with Gasteiger partial charge in [-0.1, -0.05) is 6.07 Å². The van der Waals surface area contributed by atoms with Crippen molar-refractivity contribution >= 4 is 0 Å². The van der Waals surface area contributed by atoms with E-state index in [4.69, 9.17) is 0 Å². The van der Waals surface area contributed by atoms with Crippen LogP contribution in [-0.2, 0) is 13.0 Å². The van der Waals surface area contributed by atoms with Crippen molar-refractivity contribution in [2.75, 3.05) is 13.1 Å². The maximum absolute atomic E-state index is 4.57. The summed E-state index contributed by atoms with van der Waals surface area (Å²) in [5.74, 6) is 0. The minimum atomic E-state index is 0.114. The van der Waals surface area contributed by atoms with Crippen LogP contribution < -0.4 is 0 Å². The molecule has 0 amide bonds. The fourth-order valence-corrected chi connectivity index (χ4v) is 3.25. The van der Waals surface area contributed by atoms with E-state index in [1.165, 1.54) is 5.69 Å². The van der Waals surface area contributed by atoms with Crippen LogP contribution in [0.25, 0.3) is 0 Å². The maximum atomic E-state index is 4.57. The number of fused-ring (bicyclic) bond motifs is 1. The molecule has 23 heavy (non-hydrogen) atoms. The zero-order valence-electron chi connectivity index (χ0n) is 13.2. The van der Waals surface area contributed by atoms with Crippen LogP contribution in [0.3, 0.4) is 0 Å². The molecule has 0 bridgehead atoms. The summed E-state index contributed by atoms with van der Waals surface area (Å²) in [4.78, 5) is 14.9. The van der Waals surface area contributed by atoms with E-state index in [9.17, 15) is 0 Å². The van der Waals surface area contributed by atoms with Crippen molar-refractivity contribution in [2.45, 2.75) is 25.9 Å². The first-order valence-electron chi connectivity index (χ1n) is 7.98. The number of imidazole rings is 1. The molecule has 1 N–H and O–H groups in total. The number of H-pyrrole nitrogens is 1. The van der Waals surface area contributed by atoms with E-state index in [1.807, 2.05) is 42.2 Å². The molecule has 0 radical (unpaired) electrons. The number of nitrogens with zero attached hydrogens (tertiary/aromatic N) is 5. The van der Waals surface area contributed by atoms with Crippen LogP contribution in [0.15, 0.2) is 43.0 Å². The first kappa shape index (κ1) is 14.1. The monoisotopic (exact) mass is 308 g/mol. The van der Waals surface area contributed by atoms with Gasteiger partial charge < -0.3 is 4.98 Å². The summed E-state index contributed by atoms with van der Waals surface area (Å²) in [5.41, 5.74) is 4.44. The van der Waals surface area contributed by atoms with Gasteiger partial charge in [0.15, 0.2) is 0 Å². The van der Waals surface area contributed by atoms with Gasteiger partial charge in [-0.25, -0.2) is 4.98 Å². The zero-order valence-corrected chi connectivity index (χ0v) is 13.2. The molecule has 1 aliphatic heterocycles. The molecule has 1 atom stereocenters. The molecule has 3 aromatic rings. The van der Waals surface area contributed by atoms with Crippen molar-refractivity contribution in [3.63, 3.8) is 0 Å². The molecule has 0 saturated carbocycles. The molecule has 4 heterocycles. The number of hydrogen-bond donors (Lipinski definition) is 1. The van der Waals surface area contributed by atoms with Crippen LogP contribution in [0.4, 0.5) is 0 Å². The van der Waals surface area contributed by atoms with Crippen LogP contribution in [0.2, 0.25) is 0 Å². The van der Waals surface area contributed by atoms with Gasteiger partial charge in [0.25, 0.3) is 0 Å². The van der Waals surface area contributed by atoms with Gasteiger partial charge in [-0.15, -0.1) is 0 Å². The van der Waals surface area contributed by atoms with Gasteiger partial charge in [0.05, 0.1) is 36.0 Å². The van der Waals surface area contributed by atoms with Crippen LogP contribution in [0, 0.1) is 6.92 Å². The number of pyridine rings is 1. The van der Waals surface area contributed by atoms with Crippen molar-refractivity contribution in [3.8, 4) is 0 Å². The molecule has 3 aromatic heterocycles. The Labute approximate surface area is 135 Å². The van der Waals surface area contributed by atoms with Crippen LogP contribution in [-0.4, -0.2) is 42.7 Å². The summed E-state index contributed by atoms with van der Waals surface area (Å²) < 4.78 is 2.00. The third-order valence-corrected chi connectivity index (χ3v) is 4.38. The first-order valence-corrected chi connectivity index (χ1v) is 7.98. The van der Waals surface area contributed by atoms with E-state index in [2.05, 4.69) is 31.0 Å². The Morgan fingerprint density at radius 2 is 2.17 bits per heavy atom. The number of aryl methyl sites for hydroxylation is 1. The van der Waals surface area contributed by atoms with Gasteiger partial charge in [-0.2, -0.15) is 5.10 Å². The van der Waals surface area contributed by atoms with Gasteiger partial charge in [0.2, 0.25) is 0 Å². The van der Waals surface area contributed by atoms with Gasteiger partial charge in [0.1, 0.15) is 0 Å². The molecule has 0 saturated heterocycles. The predicted octanol–water partition coefficient (Wildman–Crippen LogP) is 1.96. The van der Waals surface area contributed by atoms with Crippen LogP contribution in [0.5, 0.6) is 0 Å². The number of nitrogens with one attached hydrogen (secondary N) is 1. The molecule has 0 aliphatic carbocycles. The lowest BCUT2D eigenvalue weighted by Crippen LogP contribution is -2.38. The lowest BCUT2D eigenvalue weighted by molar-refractivity contribution is 0.195. The summed E-state index contributed by atoms with van der Waals surface area (Å²) >= 11 is 0. The number of hydrogen-bond acceptors (Lipinski definition) is 4. The smallest absolute Gasteiger partial charge is 0.0969 e. The van der Waals surface area contributed by atoms with Crippen molar-refractivity contribution < 1.29 is 0 Å². The van der Waals surface area contributed by atoms with Crippen molar-refractivity contribution in [1.29, 1.82) is 0 Å². The summed E-state index contributed by atoms with van der Waals surface area (Å²) in [6.07, 6.45) is 6.68. The Hall–Kier alpha value is -2.47. The number of aromatic amines is 1. The molecule has 6 heteroatoms. The Bertz CT molecular complexity index is 775. The molecule has 0 aromatic carbocycles. The van der Waals surface area contributed by atoms with Crippen molar-refractivity contribution in [2.24, 2.45) is 0 Å². The Morgan fingerprint density at radius 3 is 2.96 bits per heavy atom. The van der Waals surface area contributed by atoms with E-state index in [0.29, 0.717) is 0 Å². The predicted molar refractivity (Wildman–Crippen MR) is 86.9 cm³/mol. The summed E-state index contributed by atoms with van der Waals surface area (Å²) in [5, 5.41) is 4.48. The van der Waals surface area contributed by atoms with E-state index >= 15 is 0 Å². The largest absolute Gasteiger partial charge is 0.348 e. The Balaban J connectivity index is 1.60. The standard InChI is InChI=1S/C17H20N6/c1-13-5-9-23(21-13)11-10-22-8-6-14-16(20-12-19-14)17(22)15-4-2-3-7-18-15/h2-5,7,9,12,17H,6,8,10-11H2,1H3,(H,19,20)/t17-/m0/s1. The molecule has 0 spiro atoms. The fourth-order valence-electron chi connectivity index (χ4n) is 3.25. The third kappa shape index (κ3) is 2.77. The molecular weight excluding hydrogens is 288 g/mol. The second-order valence-corrected chi connectivity index (χ2v) is 5.93. The minimum Gasteiger partial charge on any atom is -0.348 e. The molecule has 4 rings (SSSR count). The minimum absolute atomic E-state index is 0.114. The zero-order chi connectivity index (χ0) is 15.6. The van der Waals surface area contributed by atoms with Crippen molar-refractivity contribution in [3.05, 3.63) is 65.8 Å². The average molecular weight is 308 g/mol. The van der Waals surface area contributed by atoms with Gasteiger partial charge in [-0.3, -0.25) is 14.6 Å². The highest BCUT2D eigenvalue weighted by atomic mass is 15.3. The molecule has 0 unspecified atom stereocenters. The van der Waals surface area contributed by atoms with Crippen LogP contribution in [0.1, 0.15) is 28.8 Å². The molecule has 0 fully saturated rings. The van der Waals surface area contributed by atoms with Gasteiger partial charge in [0, 0.05) is 37.6 Å². The lowest BCUT2D eigenvalue weighted by Gasteiger charge is -2.34. The maximum Gasteiger partial charge on any atom is 0.0969 e. The van der Waals surface area contributed by atoms with E-state index in [-0.39, 0.29) is 6.04 Å². The molecule has 118 valence electrons. The molecule has 6 nitrogen and oxygen atoms in total. The second-order valence-electron chi connectivity index (χ2n) is 5.93. The van der Waals surface area contributed by atoms with Gasteiger partial charge in [-0.05, 0) is 25.1 Å². The topological polar surface area (TPSA) is 62.6 Å². The average Bonchev–Trinajstić information content (AvgIpc) is 3.21. The summed E-state index contributed by atoms with van der Waals surface area (Å²) in [7, 11) is 0. The number of rotatable bonds is 4. The van der Waals surface area contributed by atoms with E-state index in [1.54, 1.807) is 6.33 Å². The fraction of sp³-hybridized carbons (Fsp3) is 0.353. The summed E-state index contributed by atoms with van der Waals surface area (Å²) in [6, 6.07) is 8.23. The number of aromatic nitrogens is 5. The van der Waals surface area contributed by atoms with Crippen molar-refractivity contribution in [1.82, 2.24) is 29.6 Å².